The highest BCUT2D eigenvalue weighted by Gasteiger charge is 2.18. The summed E-state index contributed by atoms with van der Waals surface area (Å²) >= 11 is 0. The number of nitrogens with zero attached hydrogens (tertiary/aromatic N) is 2. The van der Waals surface area contributed by atoms with Gasteiger partial charge in [0, 0.05) is 25.1 Å². The molecule has 0 amide bonds. The standard InChI is InChI=1S/C17H25FN2O/c1-19-9-6-14(7-10-19)13-20(2)11-8-17(21)15-4-3-5-16(18)12-15/h3-5,12,14H,6-11,13H2,1-2H3. The van der Waals surface area contributed by atoms with Gasteiger partial charge in [-0.3, -0.25) is 4.79 Å². The van der Waals surface area contributed by atoms with E-state index in [1.807, 2.05) is 0 Å². The first-order valence-corrected chi connectivity index (χ1v) is 7.70. The first kappa shape index (κ1) is 16.1. The fourth-order valence-corrected chi connectivity index (χ4v) is 2.88. The predicted octanol–water partition coefficient (Wildman–Crippen LogP) is 2.67. The van der Waals surface area contributed by atoms with Crippen molar-refractivity contribution in [3.05, 3.63) is 35.6 Å². The van der Waals surface area contributed by atoms with E-state index < -0.39 is 0 Å². The number of likely N-dealkylation sites (tertiary alicyclic amines) is 1. The molecule has 1 fully saturated rings. The van der Waals surface area contributed by atoms with E-state index in [-0.39, 0.29) is 11.6 Å². The summed E-state index contributed by atoms with van der Waals surface area (Å²) in [6, 6.07) is 5.95. The number of ketones is 1. The average Bonchev–Trinajstić information content (AvgIpc) is 2.47. The maximum absolute atomic E-state index is 13.1. The predicted molar refractivity (Wildman–Crippen MR) is 83.1 cm³/mol. The summed E-state index contributed by atoms with van der Waals surface area (Å²) in [6.45, 7) is 4.12. The lowest BCUT2D eigenvalue weighted by molar-refractivity contribution is 0.0961. The summed E-state index contributed by atoms with van der Waals surface area (Å²) in [7, 11) is 4.23. The second-order valence-corrected chi connectivity index (χ2v) is 6.19. The normalized spacial score (nSPS) is 17.3. The molecule has 0 radical (unpaired) electrons. The Morgan fingerprint density at radius 1 is 1.38 bits per heavy atom. The Hall–Kier alpha value is -1.26. The third kappa shape index (κ3) is 5.21. The molecular formula is C17H25FN2O. The summed E-state index contributed by atoms with van der Waals surface area (Å²) < 4.78 is 13.1. The van der Waals surface area contributed by atoms with Crippen LogP contribution in [-0.2, 0) is 0 Å². The molecule has 21 heavy (non-hydrogen) atoms. The van der Waals surface area contributed by atoms with Crippen molar-refractivity contribution in [1.82, 2.24) is 9.80 Å². The van der Waals surface area contributed by atoms with Crippen molar-refractivity contribution in [2.75, 3.05) is 40.3 Å². The Labute approximate surface area is 126 Å². The van der Waals surface area contributed by atoms with Gasteiger partial charge in [-0.1, -0.05) is 12.1 Å². The topological polar surface area (TPSA) is 23.6 Å². The average molecular weight is 292 g/mol. The Balaban J connectivity index is 1.73. The number of carbonyl (C=O) groups is 1. The van der Waals surface area contributed by atoms with Gasteiger partial charge in [0.1, 0.15) is 5.82 Å². The number of hydrogen-bond donors (Lipinski definition) is 0. The van der Waals surface area contributed by atoms with Crippen molar-refractivity contribution in [3.8, 4) is 0 Å². The van der Waals surface area contributed by atoms with Crippen LogP contribution in [0.3, 0.4) is 0 Å². The molecule has 1 aliphatic rings. The van der Waals surface area contributed by atoms with Gasteiger partial charge in [0.05, 0.1) is 0 Å². The largest absolute Gasteiger partial charge is 0.306 e. The van der Waals surface area contributed by atoms with Gasteiger partial charge in [0.2, 0.25) is 0 Å². The number of hydrogen-bond acceptors (Lipinski definition) is 3. The molecule has 0 saturated carbocycles. The molecule has 0 spiro atoms. The summed E-state index contributed by atoms with van der Waals surface area (Å²) in [5, 5.41) is 0. The van der Waals surface area contributed by atoms with Crippen molar-refractivity contribution in [2.24, 2.45) is 5.92 Å². The second-order valence-electron chi connectivity index (χ2n) is 6.19. The lowest BCUT2D eigenvalue weighted by Crippen LogP contribution is -2.36. The molecule has 0 unspecified atom stereocenters. The fraction of sp³-hybridized carbons (Fsp3) is 0.588. The molecule has 1 aliphatic heterocycles. The van der Waals surface area contributed by atoms with Crippen molar-refractivity contribution in [3.63, 3.8) is 0 Å². The van der Waals surface area contributed by atoms with E-state index >= 15 is 0 Å². The third-order valence-electron chi connectivity index (χ3n) is 4.28. The number of halogens is 1. The highest BCUT2D eigenvalue weighted by molar-refractivity contribution is 5.96. The fourth-order valence-electron chi connectivity index (χ4n) is 2.88. The van der Waals surface area contributed by atoms with Crippen LogP contribution < -0.4 is 0 Å². The zero-order valence-electron chi connectivity index (χ0n) is 13.0. The molecule has 0 N–H and O–H groups in total. The van der Waals surface area contributed by atoms with Gasteiger partial charge in [-0.05, 0) is 58.1 Å². The van der Waals surface area contributed by atoms with Gasteiger partial charge in [0.15, 0.2) is 5.78 Å². The molecule has 0 bridgehead atoms. The summed E-state index contributed by atoms with van der Waals surface area (Å²) in [5.41, 5.74) is 0.475. The minimum atomic E-state index is -0.347. The summed E-state index contributed by atoms with van der Waals surface area (Å²) in [6.07, 6.45) is 2.92. The molecule has 1 heterocycles. The summed E-state index contributed by atoms with van der Waals surface area (Å²) in [4.78, 5) is 16.6. The van der Waals surface area contributed by atoms with Crippen molar-refractivity contribution in [2.45, 2.75) is 19.3 Å². The van der Waals surface area contributed by atoms with Gasteiger partial charge >= 0.3 is 0 Å². The zero-order chi connectivity index (χ0) is 15.2. The molecule has 1 saturated heterocycles. The lowest BCUT2D eigenvalue weighted by Gasteiger charge is -2.31. The quantitative estimate of drug-likeness (QED) is 0.753. The monoisotopic (exact) mass is 292 g/mol. The van der Waals surface area contributed by atoms with Crippen LogP contribution in [-0.4, -0.2) is 55.9 Å². The zero-order valence-corrected chi connectivity index (χ0v) is 13.0. The van der Waals surface area contributed by atoms with Gasteiger partial charge in [-0.2, -0.15) is 0 Å². The molecule has 0 aliphatic carbocycles. The van der Waals surface area contributed by atoms with E-state index in [1.54, 1.807) is 12.1 Å². The van der Waals surface area contributed by atoms with Crippen LogP contribution in [0.1, 0.15) is 29.6 Å². The molecule has 0 aromatic heterocycles. The highest BCUT2D eigenvalue weighted by atomic mass is 19.1. The highest BCUT2D eigenvalue weighted by Crippen LogP contribution is 2.17. The Bertz CT molecular complexity index is 470. The Kier molecular flexibility index (Phi) is 5.88. The maximum atomic E-state index is 13.1. The van der Waals surface area contributed by atoms with Gasteiger partial charge in [-0.25, -0.2) is 4.39 Å². The first-order valence-electron chi connectivity index (χ1n) is 7.70. The van der Waals surface area contributed by atoms with E-state index in [2.05, 4.69) is 23.9 Å². The van der Waals surface area contributed by atoms with E-state index in [0.717, 1.165) is 19.0 Å². The molecule has 1 aromatic rings. The molecule has 3 nitrogen and oxygen atoms in total. The number of piperidine rings is 1. The molecule has 0 atom stereocenters. The number of benzene rings is 1. The Morgan fingerprint density at radius 3 is 2.76 bits per heavy atom. The smallest absolute Gasteiger partial charge is 0.164 e. The first-order chi connectivity index (χ1) is 10.0. The maximum Gasteiger partial charge on any atom is 0.164 e. The van der Waals surface area contributed by atoms with Crippen LogP contribution in [0, 0.1) is 11.7 Å². The molecule has 116 valence electrons. The van der Waals surface area contributed by atoms with Gasteiger partial charge in [0.25, 0.3) is 0 Å². The minimum absolute atomic E-state index is 0.0183. The SMILES string of the molecule is CN1CCC(CN(C)CCC(=O)c2cccc(F)c2)CC1. The number of rotatable bonds is 6. The van der Waals surface area contributed by atoms with Crippen LogP contribution in [0.4, 0.5) is 4.39 Å². The molecular weight excluding hydrogens is 267 g/mol. The molecule has 1 aromatic carbocycles. The number of carbonyl (C=O) groups excluding carboxylic acids is 1. The van der Waals surface area contributed by atoms with Crippen LogP contribution in [0.2, 0.25) is 0 Å². The van der Waals surface area contributed by atoms with Crippen molar-refractivity contribution < 1.29 is 9.18 Å². The van der Waals surface area contributed by atoms with Crippen LogP contribution in [0.15, 0.2) is 24.3 Å². The van der Waals surface area contributed by atoms with Crippen molar-refractivity contribution >= 4 is 5.78 Å². The molecule has 2 rings (SSSR count). The van der Waals surface area contributed by atoms with E-state index in [1.165, 1.54) is 38.1 Å². The van der Waals surface area contributed by atoms with E-state index in [0.29, 0.717) is 12.0 Å². The van der Waals surface area contributed by atoms with Crippen molar-refractivity contribution in [1.29, 1.82) is 0 Å². The second kappa shape index (κ2) is 7.66. The van der Waals surface area contributed by atoms with Gasteiger partial charge in [-0.15, -0.1) is 0 Å². The minimum Gasteiger partial charge on any atom is -0.306 e. The van der Waals surface area contributed by atoms with Crippen LogP contribution in [0.25, 0.3) is 0 Å². The third-order valence-corrected chi connectivity index (χ3v) is 4.28. The van der Waals surface area contributed by atoms with E-state index in [4.69, 9.17) is 0 Å². The van der Waals surface area contributed by atoms with Gasteiger partial charge < -0.3 is 9.80 Å². The Morgan fingerprint density at radius 2 is 2.10 bits per heavy atom. The van der Waals surface area contributed by atoms with Crippen LogP contribution in [0.5, 0.6) is 0 Å². The molecule has 4 heteroatoms. The number of Topliss-reactive ketones (excluding diaryl/α,β-unsaturated/α-hetero) is 1. The van der Waals surface area contributed by atoms with E-state index in [9.17, 15) is 9.18 Å². The lowest BCUT2D eigenvalue weighted by atomic mass is 9.96. The summed E-state index contributed by atoms with van der Waals surface area (Å²) in [5.74, 6) is 0.403. The van der Waals surface area contributed by atoms with Crippen LogP contribution >= 0.6 is 0 Å².